The summed E-state index contributed by atoms with van der Waals surface area (Å²) in [7, 11) is 1.65. The van der Waals surface area contributed by atoms with Crippen LogP contribution in [0, 0.1) is 6.92 Å². The van der Waals surface area contributed by atoms with Crippen molar-refractivity contribution in [3.8, 4) is 5.75 Å². The van der Waals surface area contributed by atoms with Gasteiger partial charge in [0, 0.05) is 5.56 Å². The highest BCUT2D eigenvalue weighted by Gasteiger charge is 2.38. The van der Waals surface area contributed by atoms with Gasteiger partial charge in [0.2, 0.25) is 0 Å². The number of aryl methyl sites for hydroxylation is 1. The van der Waals surface area contributed by atoms with Crippen molar-refractivity contribution < 1.29 is 9.84 Å². The maximum absolute atomic E-state index is 10.2. The molecule has 1 aromatic rings. The Labute approximate surface area is 84.5 Å². The van der Waals surface area contributed by atoms with Crippen molar-refractivity contribution in [3.63, 3.8) is 0 Å². The summed E-state index contributed by atoms with van der Waals surface area (Å²) in [6.45, 7) is 2.03. The van der Waals surface area contributed by atoms with Crippen LogP contribution in [0.5, 0.6) is 5.75 Å². The highest BCUT2D eigenvalue weighted by atomic mass is 16.5. The summed E-state index contributed by atoms with van der Waals surface area (Å²) in [5.41, 5.74) is 1.49. The standard InChI is InChI=1S/C12H16O2/c1-9-4-5-11(14-2)10(8-9)12(13)6-3-7-12/h4-5,8,13H,3,6-7H2,1-2H3. The number of benzene rings is 1. The number of hydrogen-bond donors (Lipinski definition) is 1. The van der Waals surface area contributed by atoms with Gasteiger partial charge in [0.1, 0.15) is 5.75 Å². The van der Waals surface area contributed by atoms with E-state index >= 15 is 0 Å². The molecule has 1 aliphatic carbocycles. The first kappa shape index (κ1) is 9.53. The van der Waals surface area contributed by atoms with E-state index in [9.17, 15) is 5.11 Å². The van der Waals surface area contributed by atoms with Gasteiger partial charge >= 0.3 is 0 Å². The molecule has 0 saturated heterocycles. The van der Waals surface area contributed by atoms with Gasteiger partial charge in [-0.2, -0.15) is 0 Å². The van der Waals surface area contributed by atoms with Crippen LogP contribution in [0.2, 0.25) is 0 Å². The largest absolute Gasteiger partial charge is 0.496 e. The van der Waals surface area contributed by atoms with E-state index in [2.05, 4.69) is 0 Å². The lowest BCUT2D eigenvalue weighted by molar-refractivity contribution is -0.0405. The van der Waals surface area contributed by atoms with Crippen LogP contribution in [0.4, 0.5) is 0 Å². The first-order valence-electron chi connectivity index (χ1n) is 5.03. The number of methoxy groups -OCH3 is 1. The molecule has 0 aliphatic heterocycles. The second kappa shape index (κ2) is 3.28. The minimum Gasteiger partial charge on any atom is -0.496 e. The second-order valence-corrected chi connectivity index (χ2v) is 4.09. The molecule has 1 fully saturated rings. The molecule has 0 atom stereocenters. The first-order valence-corrected chi connectivity index (χ1v) is 5.03. The summed E-state index contributed by atoms with van der Waals surface area (Å²) in [6.07, 6.45) is 2.81. The Morgan fingerprint density at radius 1 is 1.36 bits per heavy atom. The lowest BCUT2D eigenvalue weighted by atomic mass is 9.74. The van der Waals surface area contributed by atoms with Crippen molar-refractivity contribution in [2.75, 3.05) is 7.11 Å². The van der Waals surface area contributed by atoms with E-state index in [1.165, 1.54) is 5.56 Å². The third-order valence-corrected chi connectivity index (χ3v) is 3.04. The zero-order chi connectivity index (χ0) is 10.2. The molecule has 1 saturated carbocycles. The topological polar surface area (TPSA) is 29.5 Å². The Morgan fingerprint density at radius 3 is 2.57 bits per heavy atom. The van der Waals surface area contributed by atoms with Crippen LogP contribution < -0.4 is 4.74 Å². The predicted molar refractivity (Wildman–Crippen MR) is 55.5 cm³/mol. The van der Waals surface area contributed by atoms with Crippen LogP contribution in [0.15, 0.2) is 18.2 Å². The van der Waals surface area contributed by atoms with Gasteiger partial charge in [-0.1, -0.05) is 11.6 Å². The number of ether oxygens (including phenoxy) is 1. The fraction of sp³-hybridized carbons (Fsp3) is 0.500. The maximum atomic E-state index is 10.2. The fourth-order valence-electron chi connectivity index (χ4n) is 1.97. The van der Waals surface area contributed by atoms with E-state index in [1.807, 2.05) is 25.1 Å². The number of hydrogen-bond acceptors (Lipinski definition) is 2. The molecule has 2 nitrogen and oxygen atoms in total. The van der Waals surface area contributed by atoms with E-state index in [0.717, 1.165) is 30.6 Å². The van der Waals surface area contributed by atoms with Gasteiger partial charge in [-0.25, -0.2) is 0 Å². The van der Waals surface area contributed by atoms with Crippen LogP contribution in [0.3, 0.4) is 0 Å². The minimum atomic E-state index is -0.628. The van der Waals surface area contributed by atoms with E-state index in [1.54, 1.807) is 7.11 Å². The van der Waals surface area contributed by atoms with E-state index in [-0.39, 0.29) is 0 Å². The fourth-order valence-corrected chi connectivity index (χ4v) is 1.97. The van der Waals surface area contributed by atoms with Gasteiger partial charge in [0.25, 0.3) is 0 Å². The quantitative estimate of drug-likeness (QED) is 0.779. The summed E-state index contributed by atoms with van der Waals surface area (Å²) >= 11 is 0. The lowest BCUT2D eigenvalue weighted by Gasteiger charge is -2.38. The highest BCUT2D eigenvalue weighted by molar-refractivity contribution is 5.41. The molecule has 1 aromatic carbocycles. The number of rotatable bonds is 2. The average Bonchev–Trinajstić information content (AvgIpc) is 2.14. The SMILES string of the molecule is COc1ccc(C)cc1C1(O)CCC1. The minimum absolute atomic E-state index is 0.628. The van der Waals surface area contributed by atoms with Gasteiger partial charge < -0.3 is 9.84 Å². The average molecular weight is 192 g/mol. The Morgan fingerprint density at radius 2 is 2.07 bits per heavy atom. The zero-order valence-corrected chi connectivity index (χ0v) is 8.71. The van der Waals surface area contributed by atoms with Crippen LogP contribution in [0.1, 0.15) is 30.4 Å². The molecule has 0 amide bonds. The van der Waals surface area contributed by atoms with Crippen molar-refractivity contribution in [1.82, 2.24) is 0 Å². The zero-order valence-electron chi connectivity index (χ0n) is 8.71. The van der Waals surface area contributed by atoms with Gasteiger partial charge in [-0.3, -0.25) is 0 Å². The Bertz CT molecular complexity index is 340. The monoisotopic (exact) mass is 192 g/mol. The van der Waals surface area contributed by atoms with Crippen molar-refractivity contribution in [3.05, 3.63) is 29.3 Å². The molecule has 1 N–H and O–H groups in total. The van der Waals surface area contributed by atoms with Crippen molar-refractivity contribution in [2.45, 2.75) is 31.8 Å². The molecule has 0 spiro atoms. The predicted octanol–water partition coefficient (Wildman–Crippen LogP) is 2.38. The lowest BCUT2D eigenvalue weighted by Crippen LogP contribution is -2.34. The van der Waals surface area contributed by atoms with Crippen LogP contribution >= 0.6 is 0 Å². The Balaban J connectivity index is 2.43. The summed E-state index contributed by atoms with van der Waals surface area (Å²) in [5, 5.41) is 10.2. The van der Waals surface area contributed by atoms with Gasteiger partial charge in [-0.05, 0) is 38.3 Å². The molecular weight excluding hydrogens is 176 g/mol. The van der Waals surface area contributed by atoms with Crippen molar-refractivity contribution in [1.29, 1.82) is 0 Å². The van der Waals surface area contributed by atoms with Crippen LogP contribution in [-0.4, -0.2) is 12.2 Å². The second-order valence-electron chi connectivity index (χ2n) is 4.09. The van der Waals surface area contributed by atoms with Gasteiger partial charge in [0.15, 0.2) is 0 Å². The van der Waals surface area contributed by atoms with Gasteiger partial charge in [-0.15, -0.1) is 0 Å². The molecule has 0 radical (unpaired) electrons. The molecule has 14 heavy (non-hydrogen) atoms. The van der Waals surface area contributed by atoms with Crippen LogP contribution in [0.25, 0.3) is 0 Å². The third-order valence-electron chi connectivity index (χ3n) is 3.04. The maximum Gasteiger partial charge on any atom is 0.124 e. The highest BCUT2D eigenvalue weighted by Crippen LogP contribution is 2.44. The molecule has 0 unspecified atom stereocenters. The summed E-state index contributed by atoms with van der Waals surface area (Å²) < 4.78 is 5.26. The molecular formula is C12H16O2. The Kier molecular flexibility index (Phi) is 2.23. The van der Waals surface area contributed by atoms with Crippen LogP contribution in [-0.2, 0) is 5.60 Å². The molecule has 0 aromatic heterocycles. The van der Waals surface area contributed by atoms with Crippen molar-refractivity contribution >= 4 is 0 Å². The normalized spacial score (nSPS) is 18.8. The molecule has 0 bridgehead atoms. The van der Waals surface area contributed by atoms with E-state index < -0.39 is 5.60 Å². The summed E-state index contributed by atoms with van der Waals surface area (Å²) in [4.78, 5) is 0. The summed E-state index contributed by atoms with van der Waals surface area (Å²) in [6, 6.07) is 5.96. The molecule has 1 aliphatic rings. The molecule has 2 heteroatoms. The van der Waals surface area contributed by atoms with E-state index in [4.69, 9.17) is 4.74 Å². The molecule has 0 heterocycles. The molecule has 2 rings (SSSR count). The first-order chi connectivity index (χ1) is 6.65. The third kappa shape index (κ3) is 1.40. The van der Waals surface area contributed by atoms with E-state index in [0.29, 0.717) is 0 Å². The number of aliphatic hydroxyl groups is 1. The Hall–Kier alpha value is -1.02. The smallest absolute Gasteiger partial charge is 0.124 e. The molecule has 76 valence electrons. The van der Waals surface area contributed by atoms with Crippen molar-refractivity contribution in [2.24, 2.45) is 0 Å². The summed E-state index contributed by atoms with van der Waals surface area (Å²) in [5.74, 6) is 0.804. The van der Waals surface area contributed by atoms with Gasteiger partial charge in [0.05, 0.1) is 12.7 Å².